The van der Waals surface area contributed by atoms with E-state index in [1.165, 1.54) is 38.5 Å². The van der Waals surface area contributed by atoms with E-state index in [9.17, 15) is 14.4 Å². The molecule has 0 rings (SSSR count). The summed E-state index contributed by atoms with van der Waals surface area (Å²) in [4.78, 5) is 33.4. The van der Waals surface area contributed by atoms with E-state index < -0.39 is 5.97 Å². The van der Waals surface area contributed by atoms with Crippen LogP contribution in [0.3, 0.4) is 0 Å². The number of aliphatic carboxylic acids is 1. The zero-order valence-electron chi connectivity index (χ0n) is 17.2. The number of carbonyl (C=O) groups is 3. The SMILES string of the molecule is CCCCCNC(=O)CCCCCCCCCCCC(=O)NCCC(=O)O. The smallest absolute Gasteiger partial charge is 0.305 e. The Morgan fingerprint density at radius 1 is 0.593 bits per heavy atom. The minimum atomic E-state index is -0.888. The molecule has 0 aromatic heterocycles. The molecule has 0 radical (unpaired) electrons. The van der Waals surface area contributed by atoms with Crippen LogP contribution >= 0.6 is 0 Å². The minimum Gasteiger partial charge on any atom is -0.481 e. The maximum absolute atomic E-state index is 11.6. The van der Waals surface area contributed by atoms with Crippen molar-refractivity contribution >= 4 is 17.8 Å². The van der Waals surface area contributed by atoms with Crippen molar-refractivity contribution in [2.45, 2.75) is 103 Å². The molecule has 0 unspecified atom stereocenters. The standard InChI is InChI=1S/C21H40N2O4/c1-2-3-13-17-22-19(24)14-11-9-7-5-4-6-8-10-12-15-20(25)23-18-16-21(26)27/h2-18H2,1H3,(H,22,24)(H,23,25)(H,26,27). The molecule has 3 N–H and O–H groups in total. The van der Waals surface area contributed by atoms with E-state index in [-0.39, 0.29) is 24.8 Å². The van der Waals surface area contributed by atoms with Crippen molar-refractivity contribution in [3.05, 3.63) is 0 Å². The number of carboxylic acids is 1. The van der Waals surface area contributed by atoms with Gasteiger partial charge in [-0.2, -0.15) is 0 Å². The van der Waals surface area contributed by atoms with Gasteiger partial charge in [-0.3, -0.25) is 14.4 Å². The Balaban J connectivity index is 3.23. The predicted molar refractivity (Wildman–Crippen MR) is 109 cm³/mol. The van der Waals surface area contributed by atoms with Crippen LogP contribution in [0.25, 0.3) is 0 Å². The van der Waals surface area contributed by atoms with E-state index in [1.54, 1.807) is 0 Å². The molecule has 27 heavy (non-hydrogen) atoms. The average Bonchev–Trinajstić information content (AvgIpc) is 2.63. The van der Waals surface area contributed by atoms with Crippen LogP contribution in [0.15, 0.2) is 0 Å². The first-order valence-electron chi connectivity index (χ1n) is 10.8. The van der Waals surface area contributed by atoms with Gasteiger partial charge in [0.05, 0.1) is 6.42 Å². The predicted octanol–water partition coefficient (Wildman–Crippen LogP) is 4.17. The van der Waals surface area contributed by atoms with Crippen LogP contribution < -0.4 is 10.6 Å². The molecule has 0 fully saturated rings. The zero-order chi connectivity index (χ0) is 20.2. The molecule has 0 heterocycles. The molecule has 6 heteroatoms. The zero-order valence-corrected chi connectivity index (χ0v) is 17.2. The van der Waals surface area contributed by atoms with Gasteiger partial charge in [-0.1, -0.05) is 64.7 Å². The summed E-state index contributed by atoms with van der Waals surface area (Å²) in [5, 5.41) is 14.1. The lowest BCUT2D eigenvalue weighted by molar-refractivity contribution is -0.137. The van der Waals surface area contributed by atoms with Crippen LogP contribution in [0.5, 0.6) is 0 Å². The van der Waals surface area contributed by atoms with Crippen LogP contribution in [0.4, 0.5) is 0 Å². The van der Waals surface area contributed by atoms with Gasteiger partial charge in [-0.05, 0) is 19.3 Å². The summed E-state index contributed by atoms with van der Waals surface area (Å²) in [6, 6.07) is 0. The molecule has 0 saturated carbocycles. The summed E-state index contributed by atoms with van der Waals surface area (Å²) >= 11 is 0. The second-order valence-electron chi connectivity index (χ2n) is 7.23. The summed E-state index contributed by atoms with van der Waals surface area (Å²) in [6.07, 6.45) is 14.5. The van der Waals surface area contributed by atoms with Crippen molar-refractivity contribution < 1.29 is 19.5 Å². The summed E-state index contributed by atoms with van der Waals surface area (Å²) in [5.41, 5.74) is 0. The van der Waals surface area contributed by atoms with E-state index in [1.807, 2.05) is 0 Å². The molecular weight excluding hydrogens is 344 g/mol. The second kappa shape index (κ2) is 19.2. The molecule has 0 atom stereocenters. The van der Waals surface area contributed by atoms with E-state index >= 15 is 0 Å². The van der Waals surface area contributed by atoms with Crippen LogP contribution in [-0.2, 0) is 14.4 Å². The third kappa shape index (κ3) is 20.6. The topological polar surface area (TPSA) is 95.5 Å². The van der Waals surface area contributed by atoms with Gasteiger partial charge in [0, 0.05) is 25.9 Å². The molecule has 0 aromatic carbocycles. The summed E-state index contributed by atoms with van der Waals surface area (Å²) < 4.78 is 0. The number of amides is 2. The maximum atomic E-state index is 11.6. The van der Waals surface area contributed by atoms with E-state index in [0.29, 0.717) is 12.8 Å². The van der Waals surface area contributed by atoms with Gasteiger partial charge in [0.25, 0.3) is 0 Å². The Hall–Kier alpha value is -1.59. The Kier molecular flexibility index (Phi) is 18.0. The lowest BCUT2D eigenvalue weighted by Gasteiger charge is -2.05. The number of unbranched alkanes of at least 4 members (excludes halogenated alkanes) is 10. The van der Waals surface area contributed by atoms with Crippen molar-refractivity contribution in [3.8, 4) is 0 Å². The molecule has 2 amide bonds. The average molecular weight is 385 g/mol. The minimum absolute atomic E-state index is 0.0185. The van der Waals surface area contributed by atoms with E-state index in [4.69, 9.17) is 5.11 Å². The summed E-state index contributed by atoms with van der Waals surface area (Å²) in [5.74, 6) is -0.746. The Morgan fingerprint density at radius 3 is 1.48 bits per heavy atom. The van der Waals surface area contributed by atoms with Crippen LogP contribution in [0.2, 0.25) is 0 Å². The molecule has 158 valence electrons. The van der Waals surface area contributed by atoms with Crippen molar-refractivity contribution in [1.29, 1.82) is 0 Å². The highest BCUT2D eigenvalue weighted by atomic mass is 16.4. The number of carbonyl (C=O) groups excluding carboxylic acids is 2. The lowest BCUT2D eigenvalue weighted by atomic mass is 10.1. The van der Waals surface area contributed by atoms with E-state index in [0.717, 1.165) is 45.1 Å². The Bertz CT molecular complexity index is 400. The maximum Gasteiger partial charge on any atom is 0.305 e. The lowest BCUT2D eigenvalue weighted by Crippen LogP contribution is -2.25. The molecule has 0 spiro atoms. The number of carboxylic acid groups (broad SMARTS) is 1. The molecule has 6 nitrogen and oxygen atoms in total. The first-order valence-corrected chi connectivity index (χ1v) is 10.8. The van der Waals surface area contributed by atoms with Crippen molar-refractivity contribution in [3.63, 3.8) is 0 Å². The largest absolute Gasteiger partial charge is 0.481 e. The Labute approximate surface area is 164 Å². The quantitative estimate of drug-likeness (QED) is 0.291. The number of nitrogens with one attached hydrogen (secondary N) is 2. The first kappa shape index (κ1) is 25.4. The fourth-order valence-electron chi connectivity index (χ4n) is 2.90. The monoisotopic (exact) mass is 384 g/mol. The third-order valence-corrected chi connectivity index (χ3v) is 4.57. The summed E-state index contributed by atoms with van der Waals surface area (Å²) in [7, 11) is 0. The van der Waals surface area contributed by atoms with Gasteiger partial charge in [-0.15, -0.1) is 0 Å². The molecule has 0 bridgehead atoms. The first-order chi connectivity index (χ1) is 13.1. The fourth-order valence-corrected chi connectivity index (χ4v) is 2.90. The van der Waals surface area contributed by atoms with Crippen molar-refractivity contribution in [2.75, 3.05) is 13.1 Å². The molecular formula is C21H40N2O4. The van der Waals surface area contributed by atoms with Gasteiger partial charge < -0.3 is 15.7 Å². The molecule has 0 aromatic rings. The molecule has 0 aliphatic heterocycles. The molecule has 0 aliphatic rings. The number of hydrogen-bond donors (Lipinski definition) is 3. The van der Waals surface area contributed by atoms with Gasteiger partial charge in [0.2, 0.25) is 11.8 Å². The number of rotatable bonds is 19. The molecule has 0 aliphatic carbocycles. The van der Waals surface area contributed by atoms with Crippen LogP contribution in [0, 0.1) is 0 Å². The Morgan fingerprint density at radius 2 is 1.04 bits per heavy atom. The van der Waals surface area contributed by atoms with Crippen LogP contribution in [0.1, 0.15) is 103 Å². The highest BCUT2D eigenvalue weighted by Crippen LogP contribution is 2.11. The van der Waals surface area contributed by atoms with Crippen molar-refractivity contribution in [2.24, 2.45) is 0 Å². The van der Waals surface area contributed by atoms with Gasteiger partial charge >= 0.3 is 5.97 Å². The van der Waals surface area contributed by atoms with Gasteiger partial charge in [0.1, 0.15) is 0 Å². The fraction of sp³-hybridized carbons (Fsp3) is 0.857. The second-order valence-corrected chi connectivity index (χ2v) is 7.23. The van der Waals surface area contributed by atoms with E-state index in [2.05, 4.69) is 17.6 Å². The summed E-state index contributed by atoms with van der Waals surface area (Å²) in [6.45, 7) is 3.19. The third-order valence-electron chi connectivity index (χ3n) is 4.57. The van der Waals surface area contributed by atoms with Gasteiger partial charge in [-0.25, -0.2) is 0 Å². The number of hydrogen-bond acceptors (Lipinski definition) is 3. The van der Waals surface area contributed by atoms with Crippen molar-refractivity contribution in [1.82, 2.24) is 10.6 Å². The normalized spacial score (nSPS) is 10.6. The van der Waals surface area contributed by atoms with Gasteiger partial charge in [0.15, 0.2) is 0 Å². The highest BCUT2D eigenvalue weighted by molar-refractivity contribution is 5.76. The van der Waals surface area contributed by atoms with Crippen LogP contribution in [-0.4, -0.2) is 36.0 Å². The highest BCUT2D eigenvalue weighted by Gasteiger charge is 2.03. The molecule has 0 saturated heterocycles.